The fraction of sp³-hybridized carbons (Fsp3) is 0.902. The Labute approximate surface area is 290 Å². The molecule has 0 aliphatic carbocycles. The van der Waals surface area contributed by atoms with Gasteiger partial charge in [-0.1, -0.05) is 161 Å². The van der Waals surface area contributed by atoms with Gasteiger partial charge in [-0.05, 0) is 44.4 Å². The first-order chi connectivity index (χ1) is 23.0. The Morgan fingerprint density at radius 1 is 0.660 bits per heavy atom. The standard InChI is InChI=1S/C41H76O6/c1-4-5-6-7-20-25-30-38-39(47-38)31-26-21-18-23-27-32-40(43)45-35-37(34-42)46-41(44)33-28-22-17-15-13-11-9-8-10-12-14-16-19-24-29-36(2)3/h20,25,36-39,42H,4-19,21-24,26-35H2,1-3H3/b25-20-/t37-,38?,39?/m0/s1. The first kappa shape index (κ1) is 43.6. The van der Waals surface area contributed by atoms with Crippen molar-refractivity contribution in [2.45, 2.75) is 219 Å². The van der Waals surface area contributed by atoms with E-state index in [1.807, 2.05) is 0 Å². The van der Waals surface area contributed by atoms with Crippen LogP contribution in [0.2, 0.25) is 0 Å². The molecule has 0 aromatic carbocycles. The Hall–Kier alpha value is -1.40. The molecule has 3 atom stereocenters. The summed E-state index contributed by atoms with van der Waals surface area (Å²) in [5.74, 6) is 0.242. The molecule has 1 rings (SSSR count). The minimum atomic E-state index is -0.777. The molecule has 1 saturated heterocycles. The van der Waals surface area contributed by atoms with Gasteiger partial charge in [-0.3, -0.25) is 9.59 Å². The Balaban J connectivity index is 1.86. The molecule has 1 aliphatic rings. The molecule has 0 radical (unpaired) electrons. The van der Waals surface area contributed by atoms with Crippen molar-refractivity contribution in [3.8, 4) is 0 Å². The van der Waals surface area contributed by atoms with Gasteiger partial charge >= 0.3 is 11.9 Å². The number of ether oxygens (including phenoxy) is 3. The molecule has 0 aromatic heterocycles. The summed E-state index contributed by atoms with van der Waals surface area (Å²) in [6.07, 6.45) is 37.2. The highest BCUT2D eigenvalue weighted by Crippen LogP contribution is 2.30. The van der Waals surface area contributed by atoms with Gasteiger partial charge in [-0.2, -0.15) is 0 Å². The first-order valence-corrected chi connectivity index (χ1v) is 20.2. The highest BCUT2D eigenvalue weighted by Gasteiger charge is 2.36. The number of allylic oxidation sites excluding steroid dienone is 1. The Morgan fingerprint density at radius 2 is 1.19 bits per heavy atom. The second-order valence-corrected chi connectivity index (χ2v) is 14.6. The third-order valence-electron chi connectivity index (χ3n) is 9.41. The number of rotatable bonds is 35. The van der Waals surface area contributed by atoms with E-state index in [9.17, 15) is 14.7 Å². The summed E-state index contributed by atoms with van der Waals surface area (Å²) >= 11 is 0. The van der Waals surface area contributed by atoms with Crippen LogP contribution in [0.15, 0.2) is 12.2 Å². The van der Waals surface area contributed by atoms with Crippen LogP contribution in [0.25, 0.3) is 0 Å². The van der Waals surface area contributed by atoms with Crippen LogP contribution in [-0.4, -0.2) is 48.6 Å². The van der Waals surface area contributed by atoms with E-state index in [4.69, 9.17) is 14.2 Å². The van der Waals surface area contributed by atoms with Crippen LogP contribution < -0.4 is 0 Å². The molecule has 47 heavy (non-hydrogen) atoms. The molecule has 1 N–H and O–H groups in total. The van der Waals surface area contributed by atoms with E-state index in [0.717, 1.165) is 63.7 Å². The van der Waals surface area contributed by atoms with Crippen molar-refractivity contribution in [1.82, 2.24) is 0 Å². The van der Waals surface area contributed by atoms with E-state index in [0.29, 0.717) is 25.0 Å². The van der Waals surface area contributed by atoms with Crippen molar-refractivity contribution in [2.24, 2.45) is 5.92 Å². The Morgan fingerprint density at radius 3 is 1.74 bits per heavy atom. The van der Waals surface area contributed by atoms with Crippen molar-refractivity contribution >= 4 is 11.9 Å². The van der Waals surface area contributed by atoms with Crippen LogP contribution in [0.1, 0.15) is 201 Å². The summed E-state index contributed by atoms with van der Waals surface area (Å²) in [6, 6.07) is 0. The van der Waals surface area contributed by atoms with Crippen molar-refractivity contribution in [3.05, 3.63) is 12.2 Å². The maximum absolute atomic E-state index is 12.2. The molecule has 1 fully saturated rings. The predicted octanol–water partition coefficient (Wildman–Crippen LogP) is 11.4. The van der Waals surface area contributed by atoms with E-state index >= 15 is 0 Å². The number of hydrogen-bond acceptors (Lipinski definition) is 6. The van der Waals surface area contributed by atoms with E-state index in [2.05, 4.69) is 32.9 Å². The number of unbranched alkanes of at least 4 members (excludes halogenated alkanes) is 20. The van der Waals surface area contributed by atoms with E-state index in [-0.39, 0.29) is 25.2 Å². The SMILES string of the molecule is CCCCC/C=C\CC1OC1CCCCCCCC(=O)OC[C@H](CO)OC(=O)CCCCCCCCCCCCCCCCC(C)C. The lowest BCUT2D eigenvalue weighted by Gasteiger charge is -2.15. The van der Waals surface area contributed by atoms with E-state index in [1.165, 1.54) is 109 Å². The van der Waals surface area contributed by atoms with Gasteiger partial charge in [-0.15, -0.1) is 0 Å². The van der Waals surface area contributed by atoms with Crippen LogP contribution >= 0.6 is 0 Å². The highest BCUT2D eigenvalue weighted by molar-refractivity contribution is 5.70. The third-order valence-corrected chi connectivity index (χ3v) is 9.41. The molecule has 6 nitrogen and oxygen atoms in total. The van der Waals surface area contributed by atoms with Gasteiger partial charge in [0.25, 0.3) is 0 Å². The van der Waals surface area contributed by atoms with Gasteiger partial charge in [0, 0.05) is 12.8 Å². The fourth-order valence-electron chi connectivity index (χ4n) is 6.22. The zero-order chi connectivity index (χ0) is 34.2. The Bertz CT molecular complexity index is 750. The summed E-state index contributed by atoms with van der Waals surface area (Å²) in [5.41, 5.74) is 0. The summed E-state index contributed by atoms with van der Waals surface area (Å²) in [7, 11) is 0. The molecule has 2 unspecified atom stereocenters. The molecular weight excluding hydrogens is 588 g/mol. The molecule has 0 amide bonds. The van der Waals surface area contributed by atoms with Crippen LogP contribution in [-0.2, 0) is 23.8 Å². The molecule has 0 saturated carbocycles. The smallest absolute Gasteiger partial charge is 0.306 e. The summed E-state index contributed by atoms with van der Waals surface area (Å²) in [4.78, 5) is 24.3. The lowest BCUT2D eigenvalue weighted by Crippen LogP contribution is -2.28. The molecule has 276 valence electrons. The van der Waals surface area contributed by atoms with Gasteiger partial charge in [0.05, 0.1) is 18.8 Å². The molecule has 6 heteroatoms. The van der Waals surface area contributed by atoms with E-state index in [1.54, 1.807) is 0 Å². The zero-order valence-corrected chi connectivity index (χ0v) is 31.2. The summed E-state index contributed by atoms with van der Waals surface area (Å²) in [5, 5.41) is 9.57. The lowest BCUT2D eigenvalue weighted by atomic mass is 10.0. The molecule has 0 aromatic rings. The first-order valence-electron chi connectivity index (χ1n) is 20.2. The minimum Gasteiger partial charge on any atom is -0.462 e. The normalized spacial score (nSPS) is 16.6. The van der Waals surface area contributed by atoms with Gasteiger partial charge in [0.2, 0.25) is 0 Å². The number of esters is 2. The van der Waals surface area contributed by atoms with Crippen molar-refractivity contribution < 1.29 is 28.9 Å². The van der Waals surface area contributed by atoms with Gasteiger partial charge < -0.3 is 19.3 Å². The van der Waals surface area contributed by atoms with Crippen LogP contribution in [0.4, 0.5) is 0 Å². The topological polar surface area (TPSA) is 85.4 Å². The highest BCUT2D eigenvalue weighted by atomic mass is 16.6. The number of hydrogen-bond donors (Lipinski definition) is 1. The molecule has 1 heterocycles. The average Bonchev–Trinajstić information content (AvgIpc) is 3.81. The second kappa shape index (κ2) is 31.8. The number of carbonyl (C=O) groups excluding carboxylic acids is 2. The summed E-state index contributed by atoms with van der Waals surface area (Å²) in [6.45, 7) is 6.45. The monoisotopic (exact) mass is 665 g/mol. The van der Waals surface area contributed by atoms with Crippen LogP contribution in [0, 0.1) is 5.92 Å². The van der Waals surface area contributed by atoms with Gasteiger partial charge in [-0.25, -0.2) is 0 Å². The number of epoxide rings is 1. The Kier molecular flexibility index (Phi) is 29.6. The zero-order valence-electron chi connectivity index (χ0n) is 31.2. The average molecular weight is 665 g/mol. The van der Waals surface area contributed by atoms with Gasteiger partial charge in [0.1, 0.15) is 6.61 Å². The van der Waals surface area contributed by atoms with Crippen LogP contribution in [0.5, 0.6) is 0 Å². The third kappa shape index (κ3) is 29.3. The van der Waals surface area contributed by atoms with Crippen molar-refractivity contribution in [3.63, 3.8) is 0 Å². The molecular formula is C41H76O6. The van der Waals surface area contributed by atoms with Crippen molar-refractivity contribution in [2.75, 3.05) is 13.2 Å². The van der Waals surface area contributed by atoms with E-state index < -0.39 is 6.10 Å². The second-order valence-electron chi connectivity index (χ2n) is 14.6. The van der Waals surface area contributed by atoms with Gasteiger partial charge in [0.15, 0.2) is 6.10 Å². The lowest BCUT2D eigenvalue weighted by molar-refractivity contribution is -0.161. The molecule has 1 aliphatic heterocycles. The molecule has 0 bridgehead atoms. The van der Waals surface area contributed by atoms with Crippen molar-refractivity contribution in [1.29, 1.82) is 0 Å². The maximum Gasteiger partial charge on any atom is 0.306 e. The summed E-state index contributed by atoms with van der Waals surface area (Å²) < 4.78 is 16.4. The number of aliphatic hydroxyl groups excluding tert-OH is 1. The number of carbonyl (C=O) groups is 2. The molecule has 0 spiro atoms. The largest absolute Gasteiger partial charge is 0.462 e. The number of aliphatic hydroxyl groups is 1. The quantitative estimate of drug-likeness (QED) is 0.0314. The van der Waals surface area contributed by atoms with Crippen LogP contribution in [0.3, 0.4) is 0 Å². The minimum absolute atomic E-state index is 0.0736. The predicted molar refractivity (Wildman–Crippen MR) is 196 cm³/mol. The fourth-order valence-corrected chi connectivity index (χ4v) is 6.22. The maximum atomic E-state index is 12.2.